The molecular formula is C11H13NO. The zero-order valence-corrected chi connectivity index (χ0v) is 7.70. The van der Waals surface area contributed by atoms with Gasteiger partial charge < -0.3 is 5.11 Å². The monoisotopic (exact) mass is 175 g/mol. The lowest BCUT2D eigenvalue weighted by Crippen LogP contribution is -1.96. The van der Waals surface area contributed by atoms with Crippen LogP contribution in [0, 0.1) is 18.3 Å². The van der Waals surface area contributed by atoms with Crippen LogP contribution >= 0.6 is 0 Å². The summed E-state index contributed by atoms with van der Waals surface area (Å²) in [5.74, 6) is 0. The van der Waals surface area contributed by atoms with Crippen LogP contribution in [-0.4, -0.2) is 5.11 Å². The van der Waals surface area contributed by atoms with Crippen LogP contribution in [0.4, 0.5) is 0 Å². The highest BCUT2D eigenvalue weighted by atomic mass is 16.3. The minimum Gasteiger partial charge on any atom is -0.388 e. The van der Waals surface area contributed by atoms with Crippen molar-refractivity contribution in [3.63, 3.8) is 0 Å². The molecule has 68 valence electrons. The number of nitriles is 1. The van der Waals surface area contributed by atoms with E-state index in [1.165, 1.54) is 0 Å². The number of hydrogen-bond acceptors (Lipinski definition) is 2. The molecule has 1 unspecified atom stereocenters. The Morgan fingerprint density at radius 2 is 2.31 bits per heavy atom. The van der Waals surface area contributed by atoms with Crippen LogP contribution in [0.25, 0.3) is 0 Å². The second-order valence-corrected chi connectivity index (χ2v) is 3.13. The lowest BCUT2D eigenvalue weighted by Gasteiger charge is -2.08. The minimum atomic E-state index is -0.500. The average Bonchev–Trinajstić information content (AvgIpc) is 2.14. The maximum absolute atomic E-state index is 9.62. The molecule has 0 saturated carbocycles. The first-order valence-corrected chi connectivity index (χ1v) is 4.35. The molecule has 0 amide bonds. The van der Waals surface area contributed by atoms with Gasteiger partial charge in [-0.3, -0.25) is 0 Å². The quantitative estimate of drug-likeness (QED) is 0.766. The fourth-order valence-corrected chi connectivity index (χ4v) is 1.25. The maximum atomic E-state index is 9.62. The van der Waals surface area contributed by atoms with Gasteiger partial charge in [0.05, 0.1) is 12.2 Å². The predicted molar refractivity (Wildman–Crippen MR) is 51.0 cm³/mol. The molecule has 0 aromatic heterocycles. The van der Waals surface area contributed by atoms with Gasteiger partial charge >= 0.3 is 0 Å². The molecule has 1 rings (SSSR count). The Balaban J connectivity index is 2.66. The standard InChI is InChI=1S/C11H13NO/c1-9-4-2-5-10(8-9)11(13)6-3-7-12/h2,4-5,8,11,13H,3,6H2,1H3. The van der Waals surface area contributed by atoms with Gasteiger partial charge in [0, 0.05) is 6.42 Å². The lowest BCUT2D eigenvalue weighted by molar-refractivity contribution is 0.169. The second kappa shape index (κ2) is 4.64. The Labute approximate surface area is 78.4 Å². The van der Waals surface area contributed by atoms with Crippen LogP contribution in [0.15, 0.2) is 24.3 Å². The van der Waals surface area contributed by atoms with Gasteiger partial charge in [-0.05, 0) is 18.9 Å². The minimum absolute atomic E-state index is 0.398. The van der Waals surface area contributed by atoms with Crippen LogP contribution in [0.2, 0.25) is 0 Å². The molecule has 1 atom stereocenters. The molecule has 0 bridgehead atoms. The first-order valence-electron chi connectivity index (χ1n) is 4.35. The molecular weight excluding hydrogens is 162 g/mol. The van der Waals surface area contributed by atoms with Crippen molar-refractivity contribution in [3.05, 3.63) is 35.4 Å². The summed E-state index contributed by atoms with van der Waals surface area (Å²) in [6, 6.07) is 9.76. The van der Waals surface area contributed by atoms with Gasteiger partial charge in [0.15, 0.2) is 0 Å². The number of rotatable bonds is 3. The summed E-state index contributed by atoms with van der Waals surface area (Å²) < 4.78 is 0. The normalized spacial score (nSPS) is 12.1. The highest BCUT2D eigenvalue weighted by Gasteiger charge is 2.05. The second-order valence-electron chi connectivity index (χ2n) is 3.13. The van der Waals surface area contributed by atoms with Crippen molar-refractivity contribution in [2.75, 3.05) is 0 Å². The summed E-state index contributed by atoms with van der Waals surface area (Å²) in [6.07, 6.45) is 0.411. The molecule has 0 heterocycles. The molecule has 13 heavy (non-hydrogen) atoms. The van der Waals surface area contributed by atoms with Gasteiger partial charge in [0.1, 0.15) is 0 Å². The molecule has 0 saturated heterocycles. The Bertz CT molecular complexity index is 314. The fourth-order valence-electron chi connectivity index (χ4n) is 1.25. The van der Waals surface area contributed by atoms with Crippen LogP contribution in [0.1, 0.15) is 30.1 Å². The van der Waals surface area contributed by atoms with E-state index in [1.807, 2.05) is 37.3 Å². The predicted octanol–water partition coefficient (Wildman–Crippen LogP) is 2.33. The third kappa shape index (κ3) is 2.89. The van der Waals surface area contributed by atoms with Gasteiger partial charge in [0.2, 0.25) is 0 Å². The number of nitrogens with zero attached hydrogens (tertiary/aromatic N) is 1. The van der Waals surface area contributed by atoms with Gasteiger partial charge in [-0.1, -0.05) is 29.8 Å². The van der Waals surface area contributed by atoms with Crippen molar-refractivity contribution in [2.45, 2.75) is 25.9 Å². The zero-order valence-electron chi connectivity index (χ0n) is 7.70. The number of aliphatic hydroxyl groups is 1. The van der Waals surface area contributed by atoms with Crippen LogP contribution in [-0.2, 0) is 0 Å². The molecule has 0 aliphatic heterocycles. The van der Waals surface area contributed by atoms with E-state index in [2.05, 4.69) is 0 Å². The van der Waals surface area contributed by atoms with E-state index < -0.39 is 6.10 Å². The number of hydrogen-bond donors (Lipinski definition) is 1. The number of aliphatic hydroxyl groups excluding tert-OH is 1. The molecule has 0 spiro atoms. The lowest BCUT2D eigenvalue weighted by atomic mass is 10.0. The van der Waals surface area contributed by atoms with Crippen LogP contribution < -0.4 is 0 Å². The molecule has 2 heteroatoms. The Morgan fingerprint density at radius 1 is 1.54 bits per heavy atom. The summed E-state index contributed by atoms with van der Waals surface area (Å²) in [6.45, 7) is 1.99. The molecule has 0 fully saturated rings. The molecule has 1 aromatic carbocycles. The van der Waals surface area contributed by atoms with E-state index >= 15 is 0 Å². The van der Waals surface area contributed by atoms with Crippen molar-refractivity contribution in [3.8, 4) is 6.07 Å². The first-order chi connectivity index (χ1) is 6.24. The van der Waals surface area contributed by atoms with Crippen LogP contribution in [0.3, 0.4) is 0 Å². The Morgan fingerprint density at radius 3 is 2.92 bits per heavy atom. The zero-order chi connectivity index (χ0) is 9.68. The smallest absolute Gasteiger partial charge is 0.0800 e. The van der Waals surface area contributed by atoms with E-state index in [4.69, 9.17) is 5.26 Å². The van der Waals surface area contributed by atoms with Gasteiger partial charge in [0.25, 0.3) is 0 Å². The molecule has 1 aromatic rings. The summed E-state index contributed by atoms with van der Waals surface area (Å²) >= 11 is 0. The van der Waals surface area contributed by atoms with Crippen molar-refractivity contribution >= 4 is 0 Å². The van der Waals surface area contributed by atoms with Crippen LogP contribution in [0.5, 0.6) is 0 Å². The maximum Gasteiger partial charge on any atom is 0.0800 e. The number of aryl methyl sites for hydroxylation is 1. The van der Waals surface area contributed by atoms with E-state index in [0.717, 1.165) is 11.1 Å². The topological polar surface area (TPSA) is 44.0 Å². The van der Waals surface area contributed by atoms with E-state index in [0.29, 0.717) is 12.8 Å². The molecule has 1 N–H and O–H groups in total. The summed E-state index contributed by atoms with van der Waals surface area (Å²) in [7, 11) is 0. The van der Waals surface area contributed by atoms with E-state index in [-0.39, 0.29) is 0 Å². The molecule has 0 radical (unpaired) electrons. The Kier molecular flexibility index (Phi) is 3.48. The molecule has 2 nitrogen and oxygen atoms in total. The molecule has 0 aliphatic carbocycles. The highest BCUT2D eigenvalue weighted by molar-refractivity contribution is 5.23. The van der Waals surface area contributed by atoms with Crippen molar-refractivity contribution < 1.29 is 5.11 Å². The first kappa shape index (κ1) is 9.76. The highest BCUT2D eigenvalue weighted by Crippen LogP contribution is 2.18. The summed E-state index contributed by atoms with van der Waals surface area (Å²) in [4.78, 5) is 0. The summed E-state index contributed by atoms with van der Waals surface area (Å²) in [5.41, 5.74) is 2.03. The Hall–Kier alpha value is -1.33. The van der Waals surface area contributed by atoms with Gasteiger partial charge in [-0.25, -0.2) is 0 Å². The fraction of sp³-hybridized carbons (Fsp3) is 0.364. The van der Waals surface area contributed by atoms with Gasteiger partial charge in [-0.15, -0.1) is 0 Å². The molecule has 0 aliphatic rings. The van der Waals surface area contributed by atoms with Gasteiger partial charge in [-0.2, -0.15) is 5.26 Å². The third-order valence-corrected chi connectivity index (χ3v) is 1.96. The third-order valence-electron chi connectivity index (χ3n) is 1.96. The van der Waals surface area contributed by atoms with E-state index in [9.17, 15) is 5.11 Å². The van der Waals surface area contributed by atoms with Crippen molar-refractivity contribution in [1.29, 1.82) is 5.26 Å². The van der Waals surface area contributed by atoms with Crippen molar-refractivity contribution in [1.82, 2.24) is 0 Å². The largest absolute Gasteiger partial charge is 0.388 e. The average molecular weight is 175 g/mol. The number of benzene rings is 1. The SMILES string of the molecule is Cc1cccc(C(O)CCC#N)c1. The van der Waals surface area contributed by atoms with E-state index in [1.54, 1.807) is 0 Å². The summed E-state index contributed by atoms with van der Waals surface area (Å²) in [5, 5.41) is 18.0. The van der Waals surface area contributed by atoms with Crippen molar-refractivity contribution in [2.24, 2.45) is 0 Å².